The molecule has 1 saturated heterocycles. The Balaban J connectivity index is 1.42. The molecule has 2 aromatic rings. The van der Waals surface area contributed by atoms with Gasteiger partial charge in [0.1, 0.15) is 0 Å². The molecule has 7 nitrogen and oxygen atoms in total. The molecule has 2 aliphatic rings. The molecular formula is C19H19N3O4. The summed E-state index contributed by atoms with van der Waals surface area (Å²) in [6.07, 6.45) is 4.58. The predicted molar refractivity (Wildman–Crippen MR) is 92.3 cm³/mol. The average Bonchev–Trinajstić information content (AvgIpc) is 3.31. The molecule has 134 valence electrons. The van der Waals surface area contributed by atoms with Crippen LogP contribution in [0, 0.1) is 0 Å². The van der Waals surface area contributed by atoms with Gasteiger partial charge < -0.3 is 9.47 Å². The van der Waals surface area contributed by atoms with E-state index in [2.05, 4.69) is 4.98 Å². The van der Waals surface area contributed by atoms with Crippen LogP contribution in [0.25, 0.3) is 0 Å². The second kappa shape index (κ2) is 7.03. The summed E-state index contributed by atoms with van der Waals surface area (Å²) < 4.78 is 10.6. The van der Waals surface area contributed by atoms with Gasteiger partial charge in [0.25, 0.3) is 0 Å². The lowest BCUT2D eigenvalue weighted by atomic mass is 10.1. The molecule has 7 heteroatoms. The fourth-order valence-corrected chi connectivity index (χ4v) is 3.22. The minimum Gasteiger partial charge on any atom is -0.454 e. The largest absolute Gasteiger partial charge is 0.454 e. The molecule has 0 bridgehead atoms. The molecule has 0 atom stereocenters. The van der Waals surface area contributed by atoms with E-state index in [4.69, 9.17) is 9.47 Å². The van der Waals surface area contributed by atoms with Crippen LogP contribution >= 0.6 is 0 Å². The summed E-state index contributed by atoms with van der Waals surface area (Å²) in [5, 5.41) is 3.12. The van der Waals surface area contributed by atoms with Gasteiger partial charge in [-0.3, -0.25) is 24.6 Å². The summed E-state index contributed by atoms with van der Waals surface area (Å²) in [5.74, 6) is 1.16. The maximum atomic E-state index is 12.7. The first-order chi connectivity index (χ1) is 12.7. The van der Waals surface area contributed by atoms with E-state index in [0.717, 1.165) is 17.5 Å². The first-order valence-corrected chi connectivity index (χ1v) is 8.59. The zero-order valence-electron chi connectivity index (χ0n) is 14.3. The van der Waals surface area contributed by atoms with Crippen molar-refractivity contribution in [2.75, 3.05) is 19.9 Å². The van der Waals surface area contributed by atoms with Crippen molar-refractivity contribution in [2.24, 2.45) is 0 Å². The average molecular weight is 353 g/mol. The van der Waals surface area contributed by atoms with Crippen molar-refractivity contribution in [3.63, 3.8) is 0 Å². The van der Waals surface area contributed by atoms with Crippen LogP contribution in [0.3, 0.4) is 0 Å². The molecule has 0 spiro atoms. The van der Waals surface area contributed by atoms with Crippen molar-refractivity contribution < 1.29 is 19.1 Å². The number of ether oxygens (including phenoxy) is 2. The summed E-state index contributed by atoms with van der Waals surface area (Å²) in [6.45, 7) is 1.32. The van der Waals surface area contributed by atoms with Gasteiger partial charge in [-0.2, -0.15) is 0 Å². The van der Waals surface area contributed by atoms with Crippen LogP contribution in [0.2, 0.25) is 0 Å². The van der Waals surface area contributed by atoms with Crippen LogP contribution in [0.1, 0.15) is 17.5 Å². The maximum absolute atomic E-state index is 12.7. The van der Waals surface area contributed by atoms with Crippen molar-refractivity contribution in [1.29, 1.82) is 0 Å². The predicted octanol–water partition coefficient (Wildman–Crippen LogP) is 1.57. The van der Waals surface area contributed by atoms with Crippen LogP contribution in [0.5, 0.6) is 11.5 Å². The van der Waals surface area contributed by atoms with Crippen molar-refractivity contribution in [3.8, 4) is 11.5 Å². The Bertz CT molecular complexity index is 825. The highest BCUT2D eigenvalue weighted by Gasteiger charge is 2.30. The number of fused-ring (bicyclic) bond motifs is 1. The lowest BCUT2D eigenvalue weighted by molar-refractivity contribution is -0.157. The van der Waals surface area contributed by atoms with Gasteiger partial charge in [0.2, 0.25) is 18.6 Å². The summed E-state index contributed by atoms with van der Waals surface area (Å²) in [4.78, 5) is 29.4. The number of nitrogens with zero attached hydrogens (tertiary/aromatic N) is 3. The van der Waals surface area contributed by atoms with Crippen molar-refractivity contribution in [2.45, 2.75) is 19.3 Å². The molecule has 1 aromatic heterocycles. The Hall–Kier alpha value is -3.09. The van der Waals surface area contributed by atoms with Crippen molar-refractivity contribution in [1.82, 2.24) is 15.0 Å². The third-order valence-electron chi connectivity index (χ3n) is 4.48. The number of hydrogen-bond donors (Lipinski definition) is 0. The second-order valence-electron chi connectivity index (χ2n) is 6.29. The van der Waals surface area contributed by atoms with Gasteiger partial charge in [-0.05, 0) is 35.7 Å². The Morgan fingerprint density at radius 1 is 0.962 bits per heavy atom. The van der Waals surface area contributed by atoms with Gasteiger partial charge >= 0.3 is 0 Å². The summed E-state index contributed by atoms with van der Waals surface area (Å²) in [5.41, 5.74) is 1.68. The van der Waals surface area contributed by atoms with E-state index < -0.39 is 0 Å². The number of carbonyl (C=O) groups is 2. The fraction of sp³-hybridized carbons (Fsp3) is 0.316. The summed E-state index contributed by atoms with van der Waals surface area (Å²) in [6, 6.07) is 9.14. The third kappa shape index (κ3) is 3.33. The lowest BCUT2D eigenvalue weighted by Gasteiger charge is -2.28. The second-order valence-corrected chi connectivity index (χ2v) is 6.29. The van der Waals surface area contributed by atoms with Crippen molar-refractivity contribution in [3.05, 3.63) is 53.9 Å². The Morgan fingerprint density at radius 2 is 1.69 bits per heavy atom. The molecule has 1 aromatic carbocycles. The number of hydrazine groups is 1. The van der Waals surface area contributed by atoms with Crippen LogP contribution in [-0.4, -0.2) is 46.7 Å². The molecule has 3 heterocycles. The number of carbonyl (C=O) groups excluding carboxylic acids is 2. The van der Waals surface area contributed by atoms with E-state index in [1.54, 1.807) is 34.5 Å². The number of hydrogen-bond acceptors (Lipinski definition) is 5. The first kappa shape index (κ1) is 16.4. The smallest absolute Gasteiger partial charge is 0.245 e. The molecule has 0 N–H and O–H groups in total. The van der Waals surface area contributed by atoms with Gasteiger partial charge in [-0.25, -0.2) is 0 Å². The molecule has 2 aliphatic heterocycles. The molecule has 0 saturated carbocycles. The zero-order valence-corrected chi connectivity index (χ0v) is 14.3. The Kier molecular flexibility index (Phi) is 4.43. The SMILES string of the molecule is O=C(Cc1cccnc1)N1CCCN1C(=O)Cc1ccc2c(c1)OCO2. The molecule has 4 rings (SSSR count). The Morgan fingerprint density at radius 3 is 2.42 bits per heavy atom. The molecule has 26 heavy (non-hydrogen) atoms. The first-order valence-electron chi connectivity index (χ1n) is 8.59. The maximum Gasteiger partial charge on any atom is 0.245 e. The molecule has 2 amide bonds. The molecule has 0 radical (unpaired) electrons. The number of amides is 2. The topological polar surface area (TPSA) is 72.0 Å². The monoisotopic (exact) mass is 353 g/mol. The molecule has 0 unspecified atom stereocenters. The van der Waals surface area contributed by atoms with Gasteiger partial charge in [0.15, 0.2) is 11.5 Å². The van der Waals surface area contributed by atoms with Gasteiger partial charge in [-0.1, -0.05) is 12.1 Å². The lowest BCUT2D eigenvalue weighted by Crippen LogP contribution is -2.46. The van der Waals surface area contributed by atoms with Crippen LogP contribution in [-0.2, 0) is 22.4 Å². The fourth-order valence-electron chi connectivity index (χ4n) is 3.22. The standard InChI is InChI=1S/C19H19N3O4/c23-18(10-14-4-5-16-17(9-14)26-13-25-16)21-7-2-8-22(21)19(24)11-15-3-1-6-20-12-15/h1,3-6,9,12H,2,7-8,10-11,13H2. The molecule has 0 aliphatic carbocycles. The highest BCUT2D eigenvalue weighted by molar-refractivity contribution is 5.85. The van der Waals surface area contributed by atoms with E-state index in [1.165, 1.54) is 0 Å². The normalized spacial score (nSPS) is 15.4. The summed E-state index contributed by atoms with van der Waals surface area (Å²) in [7, 11) is 0. The minimum atomic E-state index is -0.0964. The van der Waals surface area contributed by atoms with Crippen LogP contribution in [0.15, 0.2) is 42.7 Å². The minimum absolute atomic E-state index is 0.0884. The van der Waals surface area contributed by atoms with E-state index in [-0.39, 0.29) is 31.4 Å². The number of benzene rings is 1. The van der Waals surface area contributed by atoms with Gasteiger partial charge in [0, 0.05) is 25.5 Å². The number of pyridine rings is 1. The zero-order chi connectivity index (χ0) is 17.9. The van der Waals surface area contributed by atoms with E-state index in [9.17, 15) is 9.59 Å². The quantitative estimate of drug-likeness (QED) is 0.834. The molecule has 1 fully saturated rings. The third-order valence-corrected chi connectivity index (χ3v) is 4.48. The van der Waals surface area contributed by atoms with E-state index in [1.807, 2.05) is 18.2 Å². The van der Waals surface area contributed by atoms with E-state index in [0.29, 0.717) is 24.6 Å². The highest BCUT2D eigenvalue weighted by atomic mass is 16.7. The number of aromatic nitrogens is 1. The van der Waals surface area contributed by atoms with Crippen LogP contribution < -0.4 is 9.47 Å². The Labute approximate surface area is 151 Å². The number of rotatable bonds is 4. The van der Waals surface area contributed by atoms with Crippen LogP contribution in [0.4, 0.5) is 0 Å². The van der Waals surface area contributed by atoms with Gasteiger partial charge in [0.05, 0.1) is 12.8 Å². The van der Waals surface area contributed by atoms with Crippen molar-refractivity contribution >= 4 is 11.8 Å². The highest BCUT2D eigenvalue weighted by Crippen LogP contribution is 2.32. The molecular weight excluding hydrogens is 334 g/mol. The van der Waals surface area contributed by atoms with E-state index >= 15 is 0 Å². The van der Waals surface area contributed by atoms with Gasteiger partial charge in [-0.15, -0.1) is 0 Å². The summed E-state index contributed by atoms with van der Waals surface area (Å²) >= 11 is 0.